The first-order chi connectivity index (χ1) is 14.1. The number of carbonyl (C=O) groups is 1. The Bertz CT molecular complexity index is 1030. The lowest BCUT2D eigenvalue weighted by atomic mass is 10.2. The van der Waals surface area contributed by atoms with Gasteiger partial charge in [-0.1, -0.05) is 58.6 Å². The number of halogens is 4. The van der Waals surface area contributed by atoms with E-state index in [0.717, 1.165) is 20.2 Å². The van der Waals surface area contributed by atoms with Gasteiger partial charge in [-0.3, -0.25) is 4.79 Å². The molecule has 0 fully saturated rings. The van der Waals surface area contributed by atoms with Crippen LogP contribution in [0.4, 0.5) is 13.2 Å². The first-order valence-corrected chi connectivity index (χ1v) is 11.9. The van der Waals surface area contributed by atoms with Gasteiger partial charge in [0, 0.05) is 27.7 Å². The van der Waals surface area contributed by atoms with Crippen LogP contribution in [-0.4, -0.2) is 32.5 Å². The summed E-state index contributed by atoms with van der Waals surface area (Å²) in [6.07, 6.45) is -4.34. The van der Waals surface area contributed by atoms with Crippen molar-refractivity contribution in [2.24, 2.45) is 0 Å². The van der Waals surface area contributed by atoms with Gasteiger partial charge in [-0.25, -0.2) is 0 Å². The molecule has 3 rings (SSSR count). The minimum absolute atomic E-state index is 0.0901. The quantitative estimate of drug-likeness (QED) is 0.268. The third kappa shape index (κ3) is 6.26. The first kappa shape index (κ1) is 23.2. The molecule has 2 heterocycles. The number of nitrogens with zero attached hydrogens (tertiary/aromatic N) is 3. The summed E-state index contributed by atoms with van der Waals surface area (Å²) in [5.74, 6) is 0.583. The average Bonchev–Trinajstić information content (AvgIpc) is 3.24. The van der Waals surface area contributed by atoms with Crippen molar-refractivity contribution in [3.05, 3.63) is 57.9 Å². The van der Waals surface area contributed by atoms with Crippen molar-refractivity contribution in [3.63, 3.8) is 0 Å². The van der Waals surface area contributed by atoms with Crippen LogP contribution in [0, 0.1) is 13.8 Å². The van der Waals surface area contributed by atoms with E-state index in [1.807, 2.05) is 24.3 Å². The second-order valence-corrected chi connectivity index (χ2v) is 10.3. The van der Waals surface area contributed by atoms with Crippen molar-refractivity contribution in [3.8, 4) is 0 Å². The smallest absolute Gasteiger partial charge is 0.339 e. The average molecular weight is 492 g/mol. The van der Waals surface area contributed by atoms with Crippen LogP contribution in [0.2, 0.25) is 5.02 Å². The van der Waals surface area contributed by atoms with Crippen LogP contribution in [0.3, 0.4) is 0 Å². The normalized spacial score (nSPS) is 11.8. The zero-order valence-corrected chi connectivity index (χ0v) is 19.2. The van der Waals surface area contributed by atoms with Gasteiger partial charge in [-0.2, -0.15) is 13.2 Å². The molecule has 160 valence electrons. The van der Waals surface area contributed by atoms with Crippen molar-refractivity contribution in [1.29, 1.82) is 0 Å². The molecule has 1 aromatic carbocycles. The van der Waals surface area contributed by atoms with Gasteiger partial charge in [0.15, 0.2) is 14.5 Å². The Hall–Kier alpha value is -1.49. The van der Waals surface area contributed by atoms with E-state index in [-0.39, 0.29) is 11.5 Å². The Labute approximate surface area is 189 Å². The Morgan fingerprint density at radius 3 is 2.40 bits per heavy atom. The Balaban J connectivity index is 1.56. The van der Waals surface area contributed by atoms with Crippen molar-refractivity contribution < 1.29 is 18.0 Å². The number of hydrogen-bond donors (Lipinski definition) is 0. The highest BCUT2D eigenvalue weighted by molar-refractivity contribution is 8.03. The van der Waals surface area contributed by atoms with Gasteiger partial charge in [-0.05, 0) is 37.6 Å². The van der Waals surface area contributed by atoms with Crippen LogP contribution in [0.5, 0.6) is 0 Å². The van der Waals surface area contributed by atoms with Gasteiger partial charge in [0.25, 0.3) is 0 Å². The summed E-state index contributed by atoms with van der Waals surface area (Å²) in [6.45, 7) is 2.00. The van der Waals surface area contributed by atoms with E-state index < -0.39 is 12.7 Å². The summed E-state index contributed by atoms with van der Waals surface area (Å²) in [4.78, 5) is 12.5. The summed E-state index contributed by atoms with van der Waals surface area (Å²) in [5, 5.41) is 8.89. The largest absolute Gasteiger partial charge is 0.406 e. The fourth-order valence-electron chi connectivity index (χ4n) is 2.75. The number of hydrogen-bond acceptors (Lipinski definition) is 6. The third-order valence-electron chi connectivity index (χ3n) is 4.20. The Kier molecular flexibility index (Phi) is 7.54. The van der Waals surface area contributed by atoms with E-state index >= 15 is 0 Å². The second kappa shape index (κ2) is 9.76. The molecule has 0 amide bonds. The highest BCUT2D eigenvalue weighted by Gasteiger charge is 2.30. The van der Waals surface area contributed by atoms with Crippen LogP contribution in [0.1, 0.15) is 27.3 Å². The number of ketones is 1. The lowest BCUT2D eigenvalue weighted by Crippen LogP contribution is -2.19. The number of aryl methyl sites for hydroxylation is 1. The molecule has 30 heavy (non-hydrogen) atoms. The highest BCUT2D eigenvalue weighted by Crippen LogP contribution is 2.32. The molecule has 0 aliphatic rings. The molecule has 0 unspecified atom stereocenters. The molecule has 3 aromatic rings. The molecular formula is C19H17ClF3N3OS3. The van der Waals surface area contributed by atoms with Crippen LogP contribution in [-0.2, 0) is 12.3 Å². The number of Topliss-reactive ketones (excluding diaryl/α,β-unsaturated/α-hetero) is 1. The van der Waals surface area contributed by atoms with Crippen molar-refractivity contribution in [1.82, 2.24) is 14.8 Å². The van der Waals surface area contributed by atoms with E-state index in [2.05, 4.69) is 10.2 Å². The molecule has 4 nitrogen and oxygen atoms in total. The van der Waals surface area contributed by atoms with E-state index in [0.29, 0.717) is 26.3 Å². The van der Waals surface area contributed by atoms with Gasteiger partial charge >= 0.3 is 6.18 Å². The minimum atomic E-state index is -4.34. The maximum Gasteiger partial charge on any atom is 0.406 e. The van der Waals surface area contributed by atoms with Crippen molar-refractivity contribution >= 4 is 52.2 Å². The summed E-state index contributed by atoms with van der Waals surface area (Å²) >= 11 is 10.0. The van der Waals surface area contributed by atoms with E-state index in [1.165, 1.54) is 47.9 Å². The molecule has 2 aromatic heterocycles. The number of alkyl halides is 3. The first-order valence-electron chi connectivity index (χ1n) is 8.72. The number of aromatic nitrogens is 3. The molecular weight excluding hydrogens is 475 g/mol. The van der Waals surface area contributed by atoms with Gasteiger partial charge in [0.2, 0.25) is 0 Å². The summed E-state index contributed by atoms with van der Waals surface area (Å²) < 4.78 is 40.8. The van der Waals surface area contributed by atoms with E-state index in [1.54, 1.807) is 6.92 Å². The minimum Gasteiger partial charge on any atom is -0.339 e. The molecule has 0 bridgehead atoms. The molecule has 0 atom stereocenters. The Morgan fingerprint density at radius 1 is 1.13 bits per heavy atom. The molecule has 0 spiro atoms. The molecule has 0 aliphatic heterocycles. The second-order valence-electron chi connectivity index (χ2n) is 6.45. The predicted octanol–water partition coefficient (Wildman–Crippen LogP) is 6.44. The monoisotopic (exact) mass is 491 g/mol. The van der Waals surface area contributed by atoms with Crippen molar-refractivity contribution in [2.45, 2.75) is 41.0 Å². The molecule has 0 radical (unpaired) electrons. The third-order valence-corrected chi connectivity index (χ3v) is 7.71. The number of rotatable bonds is 8. The Morgan fingerprint density at radius 2 is 1.77 bits per heavy atom. The molecule has 0 saturated heterocycles. The van der Waals surface area contributed by atoms with Gasteiger partial charge < -0.3 is 4.57 Å². The van der Waals surface area contributed by atoms with Crippen LogP contribution in [0.25, 0.3) is 0 Å². The van der Waals surface area contributed by atoms with Crippen LogP contribution >= 0.6 is 46.5 Å². The zero-order chi connectivity index (χ0) is 21.9. The van der Waals surface area contributed by atoms with Crippen LogP contribution < -0.4 is 0 Å². The van der Waals surface area contributed by atoms with Crippen molar-refractivity contribution in [2.75, 3.05) is 5.75 Å². The lowest BCUT2D eigenvalue weighted by Gasteiger charge is -2.12. The van der Waals surface area contributed by atoms with Crippen LogP contribution in [0.15, 0.2) is 39.0 Å². The van der Waals surface area contributed by atoms with E-state index in [4.69, 9.17) is 11.6 Å². The predicted molar refractivity (Wildman–Crippen MR) is 116 cm³/mol. The van der Waals surface area contributed by atoms with Gasteiger partial charge in [0.1, 0.15) is 6.54 Å². The summed E-state index contributed by atoms with van der Waals surface area (Å²) in [6, 6.07) is 9.06. The number of thioether (sulfide) groups is 2. The summed E-state index contributed by atoms with van der Waals surface area (Å²) in [5.41, 5.74) is 2.16. The molecule has 0 N–H and O–H groups in total. The maximum absolute atomic E-state index is 12.7. The molecule has 0 saturated carbocycles. The maximum atomic E-state index is 12.7. The lowest BCUT2D eigenvalue weighted by molar-refractivity contribution is -0.141. The number of carbonyl (C=O) groups excluding carboxylic acids is 1. The number of benzene rings is 1. The summed E-state index contributed by atoms with van der Waals surface area (Å²) in [7, 11) is 0. The fourth-order valence-corrected chi connectivity index (χ4v) is 5.74. The highest BCUT2D eigenvalue weighted by atomic mass is 35.5. The van der Waals surface area contributed by atoms with Gasteiger partial charge in [0.05, 0.1) is 5.75 Å². The zero-order valence-electron chi connectivity index (χ0n) is 16.0. The standard InChI is InChI=1S/C19H17ClF3N3OS3/c1-11-7-15(12(2)26(11)10-19(21,22)23)16(27)9-29-18-25-24-17(30-18)28-8-13-3-5-14(20)6-4-13/h3-7H,8-10H2,1-2H3. The topological polar surface area (TPSA) is 47.8 Å². The molecule has 11 heteroatoms. The van der Waals surface area contributed by atoms with Gasteiger partial charge in [-0.15, -0.1) is 10.2 Å². The SMILES string of the molecule is Cc1cc(C(=O)CSc2nnc(SCc3ccc(Cl)cc3)s2)c(C)n1CC(F)(F)F. The fraction of sp³-hybridized carbons (Fsp3) is 0.316. The van der Waals surface area contributed by atoms with E-state index in [9.17, 15) is 18.0 Å². The molecule has 0 aliphatic carbocycles.